The number of benzene rings is 1. The Morgan fingerprint density at radius 1 is 1.42 bits per heavy atom. The van der Waals surface area contributed by atoms with E-state index in [1.165, 1.54) is 0 Å². The molecule has 0 bridgehead atoms. The van der Waals surface area contributed by atoms with Crippen LogP contribution in [-0.2, 0) is 4.79 Å². The van der Waals surface area contributed by atoms with Crippen LogP contribution in [0.3, 0.4) is 0 Å². The van der Waals surface area contributed by atoms with Gasteiger partial charge in [0.15, 0.2) is 5.84 Å². The Hall–Kier alpha value is -1.75. The number of nitrogens with two attached hydrogens (primary N) is 1. The van der Waals surface area contributed by atoms with Crippen molar-refractivity contribution in [2.45, 2.75) is 25.7 Å². The number of amidine groups is 1. The zero-order valence-electron chi connectivity index (χ0n) is 10.4. The standard InChI is InChI=1S/C13H16ClN3O2/c14-9-5-6-10(12(15)17-19)11(7-9)16-13(18)8-3-1-2-4-8/h5-8,19H,1-4H2,(H2,15,17)(H,16,18). The highest BCUT2D eigenvalue weighted by molar-refractivity contribution is 6.31. The van der Waals surface area contributed by atoms with Crippen molar-refractivity contribution in [2.75, 3.05) is 5.32 Å². The van der Waals surface area contributed by atoms with Crippen molar-refractivity contribution in [1.29, 1.82) is 0 Å². The van der Waals surface area contributed by atoms with Crippen LogP contribution < -0.4 is 11.1 Å². The number of hydrogen-bond acceptors (Lipinski definition) is 3. The summed E-state index contributed by atoms with van der Waals surface area (Å²) >= 11 is 5.91. The van der Waals surface area contributed by atoms with Gasteiger partial charge in [-0.05, 0) is 31.0 Å². The van der Waals surface area contributed by atoms with Crippen LogP contribution >= 0.6 is 11.6 Å². The number of hydrogen-bond donors (Lipinski definition) is 3. The zero-order chi connectivity index (χ0) is 13.8. The molecule has 2 rings (SSSR count). The maximum atomic E-state index is 12.1. The number of nitrogens with one attached hydrogen (secondary N) is 1. The van der Waals surface area contributed by atoms with Crippen LogP contribution in [-0.4, -0.2) is 17.0 Å². The van der Waals surface area contributed by atoms with Gasteiger partial charge in [0.25, 0.3) is 0 Å². The van der Waals surface area contributed by atoms with Gasteiger partial charge in [-0.25, -0.2) is 0 Å². The van der Waals surface area contributed by atoms with E-state index in [-0.39, 0.29) is 17.7 Å². The summed E-state index contributed by atoms with van der Waals surface area (Å²) in [6.07, 6.45) is 3.98. The Balaban J connectivity index is 2.22. The van der Waals surface area contributed by atoms with Crippen LogP contribution in [0.1, 0.15) is 31.2 Å². The van der Waals surface area contributed by atoms with Crippen LogP contribution in [0.4, 0.5) is 5.69 Å². The minimum atomic E-state index is -0.0570. The summed E-state index contributed by atoms with van der Waals surface area (Å²) in [5.41, 5.74) is 6.51. The SMILES string of the molecule is NC(=NO)c1ccc(Cl)cc1NC(=O)C1CCCC1. The van der Waals surface area contributed by atoms with Gasteiger partial charge in [0, 0.05) is 16.5 Å². The lowest BCUT2D eigenvalue weighted by molar-refractivity contribution is -0.119. The van der Waals surface area contributed by atoms with Crippen molar-refractivity contribution < 1.29 is 10.0 Å². The Morgan fingerprint density at radius 2 is 2.11 bits per heavy atom. The average Bonchev–Trinajstić information content (AvgIpc) is 2.92. The van der Waals surface area contributed by atoms with E-state index < -0.39 is 0 Å². The fraction of sp³-hybridized carbons (Fsp3) is 0.385. The number of oxime groups is 1. The molecule has 5 nitrogen and oxygen atoms in total. The van der Waals surface area contributed by atoms with Gasteiger partial charge < -0.3 is 16.3 Å². The highest BCUT2D eigenvalue weighted by atomic mass is 35.5. The van der Waals surface area contributed by atoms with Gasteiger partial charge in [-0.15, -0.1) is 0 Å². The largest absolute Gasteiger partial charge is 0.409 e. The van der Waals surface area contributed by atoms with Crippen LogP contribution in [0, 0.1) is 5.92 Å². The number of halogens is 1. The van der Waals surface area contributed by atoms with Crippen LogP contribution in [0.2, 0.25) is 5.02 Å². The normalized spacial score (nSPS) is 16.6. The molecule has 1 fully saturated rings. The third-order valence-corrected chi connectivity index (χ3v) is 3.58. The summed E-state index contributed by atoms with van der Waals surface area (Å²) < 4.78 is 0. The summed E-state index contributed by atoms with van der Waals surface area (Å²) in [5, 5.41) is 15.0. The third-order valence-electron chi connectivity index (χ3n) is 3.35. The zero-order valence-corrected chi connectivity index (χ0v) is 11.2. The van der Waals surface area contributed by atoms with E-state index in [4.69, 9.17) is 22.5 Å². The Kier molecular flexibility index (Phi) is 4.27. The summed E-state index contributed by atoms with van der Waals surface area (Å²) in [4.78, 5) is 12.1. The molecule has 102 valence electrons. The van der Waals surface area contributed by atoms with E-state index in [1.807, 2.05) is 0 Å². The van der Waals surface area contributed by atoms with Crippen molar-refractivity contribution in [3.05, 3.63) is 28.8 Å². The molecule has 1 aliphatic rings. The maximum absolute atomic E-state index is 12.1. The molecule has 1 aromatic rings. The number of anilines is 1. The van der Waals surface area contributed by atoms with E-state index in [0.717, 1.165) is 25.7 Å². The molecule has 0 saturated heterocycles. The minimum Gasteiger partial charge on any atom is -0.409 e. The molecular formula is C13H16ClN3O2. The molecule has 0 atom stereocenters. The molecule has 0 aromatic heterocycles. The summed E-state index contributed by atoms with van der Waals surface area (Å²) in [5.74, 6) is -0.0516. The van der Waals surface area contributed by atoms with Crippen molar-refractivity contribution >= 4 is 29.0 Å². The monoisotopic (exact) mass is 281 g/mol. The maximum Gasteiger partial charge on any atom is 0.227 e. The van der Waals surface area contributed by atoms with Crippen LogP contribution in [0.25, 0.3) is 0 Å². The van der Waals surface area contributed by atoms with Crippen molar-refractivity contribution in [3.8, 4) is 0 Å². The van der Waals surface area contributed by atoms with E-state index in [2.05, 4.69) is 10.5 Å². The molecule has 4 N–H and O–H groups in total. The van der Waals surface area contributed by atoms with Gasteiger partial charge in [-0.1, -0.05) is 29.6 Å². The van der Waals surface area contributed by atoms with E-state index >= 15 is 0 Å². The predicted octanol–water partition coefficient (Wildman–Crippen LogP) is 2.56. The van der Waals surface area contributed by atoms with Crippen molar-refractivity contribution in [3.63, 3.8) is 0 Å². The minimum absolute atomic E-state index is 0.0354. The number of nitrogens with zero attached hydrogens (tertiary/aromatic N) is 1. The lowest BCUT2D eigenvalue weighted by Gasteiger charge is -2.13. The Morgan fingerprint density at radius 3 is 2.74 bits per heavy atom. The highest BCUT2D eigenvalue weighted by Gasteiger charge is 2.23. The van der Waals surface area contributed by atoms with Crippen LogP contribution in [0.15, 0.2) is 23.4 Å². The molecule has 0 unspecified atom stereocenters. The molecular weight excluding hydrogens is 266 g/mol. The summed E-state index contributed by atoms with van der Waals surface area (Å²) in [7, 11) is 0. The molecule has 0 radical (unpaired) electrons. The molecule has 19 heavy (non-hydrogen) atoms. The second-order valence-electron chi connectivity index (χ2n) is 4.65. The van der Waals surface area contributed by atoms with Gasteiger partial charge in [0.05, 0.1) is 5.69 Å². The van der Waals surface area contributed by atoms with Crippen LogP contribution in [0.5, 0.6) is 0 Å². The van der Waals surface area contributed by atoms with Gasteiger partial charge in [0.1, 0.15) is 0 Å². The average molecular weight is 282 g/mol. The lowest BCUT2D eigenvalue weighted by Crippen LogP contribution is -2.23. The Labute approximate surface area is 116 Å². The first kappa shape index (κ1) is 13.7. The smallest absolute Gasteiger partial charge is 0.227 e. The third kappa shape index (κ3) is 3.17. The van der Waals surface area contributed by atoms with Gasteiger partial charge >= 0.3 is 0 Å². The van der Waals surface area contributed by atoms with E-state index in [9.17, 15) is 4.79 Å². The predicted molar refractivity (Wildman–Crippen MR) is 74.6 cm³/mol. The number of amides is 1. The van der Waals surface area contributed by atoms with Gasteiger partial charge in [-0.3, -0.25) is 4.79 Å². The molecule has 6 heteroatoms. The molecule has 1 aliphatic carbocycles. The first-order valence-corrected chi connectivity index (χ1v) is 6.58. The van der Waals surface area contributed by atoms with Crippen molar-refractivity contribution in [2.24, 2.45) is 16.8 Å². The second-order valence-corrected chi connectivity index (χ2v) is 5.08. The number of carbonyl (C=O) groups excluding carboxylic acids is 1. The second kappa shape index (κ2) is 5.93. The molecule has 0 aliphatic heterocycles. The topological polar surface area (TPSA) is 87.7 Å². The fourth-order valence-corrected chi connectivity index (χ4v) is 2.49. The first-order chi connectivity index (χ1) is 9.11. The molecule has 0 spiro atoms. The van der Waals surface area contributed by atoms with E-state index in [0.29, 0.717) is 16.3 Å². The van der Waals surface area contributed by atoms with Crippen molar-refractivity contribution in [1.82, 2.24) is 0 Å². The number of carbonyl (C=O) groups is 1. The highest BCUT2D eigenvalue weighted by Crippen LogP contribution is 2.27. The molecule has 1 amide bonds. The molecule has 1 aromatic carbocycles. The molecule has 0 heterocycles. The molecule has 1 saturated carbocycles. The van der Waals surface area contributed by atoms with Gasteiger partial charge in [-0.2, -0.15) is 0 Å². The fourth-order valence-electron chi connectivity index (χ4n) is 2.32. The summed E-state index contributed by atoms with van der Waals surface area (Å²) in [6, 6.07) is 4.84. The number of rotatable bonds is 3. The Bertz CT molecular complexity index is 511. The van der Waals surface area contributed by atoms with Gasteiger partial charge in [0.2, 0.25) is 5.91 Å². The summed E-state index contributed by atoms with van der Waals surface area (Å²) in [6.45, 7) is 0. The van der Waals surface area contributed by atoms with E-state index in [1.54, 1.807) is 18.2 Å². The first-order valence-electron chi connectivity index (χ1n) is 6.20. The lowest BCUT2D eigenvalue weighted by atomic mass is 10.1. The quantitative estimate of drug-likeness (QED) is 0.344.